The highest BCUT2D eigenvalue weighted by atomic mass is 16.2. The maximum atomic E-state index is 8.50. The van der Waals surface area contributed by atoms with Gasteiger partial charge in [0.05, 0.1) is 0 Å². The zero-order valence-electron chi connectivity index (χ0n) is 6.91. The van der Waals surface area contributed by atoms with E-state index >= 15 is 0 Å². The van der Waals surface area contributed by atoms with Crippen molar-refractivity contribution in [3.05, 3.63) is 30.1 Å². The average Bonchev–Trinajstić information content (AvgIpc) is 2.61. The summed E-state index contributed by atoms with van der Waals surface area (Å²) in [6, 6.07) is 3.87. The zero-order valence-corrected chi connectivity index (χ0v) is 6.91. The lowest BCUT2D eigenvalue weighted by molar-refractivity contribution is 0.350. The zero-order chi connectivity index (χ0) is 9.10. The standard InChI is InChI=1S/C10H8N2O/c13-5-1-2-8-6-9-3-4-11-10(9)12-7-8/h3-4,6-7,13H,5H2,(H,11,12). The quantitative estimate of drug-likeness (QED) is 0.580. The van der Waals surface area contributed by atoms with Crippen molar-refractivity contribution in [2.75, 3.05) is 6.61 Å². The second kappa shape index (κ2) is 3.30. The molecule has 0 amide bonds. The third-order valence-electron chi connectivity index (χ3n) is 1.71. The van der Waals surface area contributed by atoms with E-state index in [0.29, 0.717) is 0 Å². The van der Waals surface area contributed by atoms with Gasteiger partial charge in [-0.15, -0.1) is 0 Å². The lowest BCUT2D eigenvalue weighted by Gasteiger charge is -1.90. The minimum absolute atomic E-state index is 0.120. The molecule has 0 saturated heterocycles. The molecule has 0 atom stereocenters. The summed E-state index contributed by atoms with van der Waals surface area (Å²) in [4.78, 5) is 7.15. The van der Waals surface area contributed by atoms with Crippen molar-refractivity contribution in [3.63, 3.8) is 0 Å². The predicted molar refractivity (Wildman–Crippen MR) is 50.1 cm³/mol. The Morgan fingerprint density at radius 1 is 1.54 bits per heavy atom. The van der Waals surface area contributed by atoms with Crippen LogP contribution in [0.2, 0.25) is 0 Å². The normalized spacial score (nSPS) is 9.62. The molecule has 0 saturated carbocycles. The van der Waals surface area contributed by atoms with Gasteiger partial charge in [0.15, 0.2) is 0 Å². The maximum Gasteiger partial charge on any atom is 0.137 e. The number of rotatable bonds is 0. The molecule has 0 aliphatic carbocycles. The van der Waals surface area contributed by atoms with E-state index in [-0.39, 0.29) is 6.61 Å². The number of aromatic nitrogens is 2. The molecular weight excluding hydrogens is 164 g/mol. The number of aromatic amines is 1. The van der Waals surface area contributed by atoms with Crippen LogP contribution in [0.5, 0.6) is 0 Å². The number of hydrogen-bond donors (Lipinski definition) is 2. The molecule has 0 radical (unpaired) electrons. The largest absolute Gasteiger partial charge is 0.384 e. The van der Waals surface area contributed by atoms with Crippen LogP contribution in [0.3, 0.4) is 0 Å². The molecule has 3 nitrogen and oxygen atoms in total. The Morgan fingerprint density at radius 2 is 2.46 bits per heavy atom. The first-order valence-corrected chi connectivity index (χ1v) is 3.93. The second-order valence-corrected chi connectivity index (χ2v) is 2.60. The molecule has 0 spiro atoms. The first-order chi connectivity index (χ1) is 6.40. The lowest BCUT2D eigenvalue weighted by atomic mass is 10.2. The molecule has 2 aromatic rings. The lowest BCUT2D eigenvalue weighted by Crippen LogP contribution is -1.80. The molecular formula is C10H8N2O. The number of hydrogen-bond acceptors (Lipinski definition) is 2. The number of pyridine rings is 1. The van der Waals surface area contributed by atoms with Gasteiger partial charge >= 0.3 is 0 Å². The van der Waals surface area contributed by atoms with Crippen LogP contribution in [0.1, 0.15) is 5.56 Å². The fraction of sp³-hybridized carbons (Fsp3) is 0.100. The van der Waals surface area contributed by atoms with Gasteiger partial charge in [0.2, 0.25) is 0 Å². The van der Waals surface area contributed by atoms with Crippen molar-refractivity contribution in [2.24, 2.45) is 0 Å². The Kier molecular flexibility index (Phi) is 1.99. The Hall–Kier alpha value is -1.79. The van der Waals surface area contributed by atoms with Crippen molar-refractivity contribution in [1.29, 1.82) is 0 Å². The smallest absolute Gasteiger partial charge is 0.137 e. The van der Waals surface area contributed by atoms with Crippen LogP contribution < -0.4 is 0 Å². The summed E-state index contributed by atoms with van der Waals surface area (Å²) in [5.41, 5.74) is 1.68. The third kappa shape index (κ3) is 1.53. The Labute approximate surface area is 75.4 Å². The predicted octanol–water partition coefficient (Wildman–Crippen LogP) is 0.907. The number of H-pyrrole nitrogens is 1. The fourth-order valence-corrected chi connectivity index (χ4v) is 1.15. The molecule has 0 aliphatic rings. The highest BCUT2D eigenvalue weighted by molar-refractivity contribution is 5.76. The van der Waals surface area contributed by atoms with E-state index < -0.39 is 0 Å². The van der Waals surface area contributed by atoms with E-state index in [2.05, 4.69) is 21.8 Å². The molecule has 2 N–H and O–H groups in total. The first kappa shape index (κ1) is 7.84. The van der Waals surface area contributed by atoms with Crippen LogP contribution in [0, 0.1) is 11.8 Å². The Morgan fingerprint density at radius 3 is 3.31 bits per heavy atom. The maximum absolute atomic E-state index is 8.50. The molecule has 2 heterocycles. The molecule has 2 rings (SSSR count). The monoisotopic (exact) mass is 172 g/mol. The van der Waals surface area contributed by atoms with E-state index in [4.69, 9.17) is 5.11 Å². The topological polar surface area (TPSA) is 48.9 Å². The fourth-order valence-electron chi connectivity index (χ4n) is 1.15. The van der Waals surface area contributed by atoms with Crippen molar-refractivity contribution in [1.82, 2.24) is 9.97 Å². The molecule has 3 heteroatoms. The number of nitrogens with zero attached hydrogens (tertiary/aromatic N) is 1. The SMILES string of the molecule is OCC#Cc1cnc2[nH]ccc2c1. The number of aliphatic hydroxyl groups is 1. The molecule has 64 valence electrons. The molecule has 0 unspecified atom stereocenters. The molecule has 0 aliphatic heterocycles. The van der Waals surface area contributed by atoms with Gasteiger partial charge in [0, 0.05) is 23.3 Å². The summed E-state index contributed by atoms with van der Waals surface area (Å²) in [6.07, 6.45) is 3.52. The van der Waals surface area contributed by atoms with Gasteiger partial charge in [0.1, 0.15) is 12.3 Å². The van der Waals surface area contributed by atoms with Crippen molar-refractivity contribution in [2.45, 2.75) is 0 Å². The molecule has 13 heavy (non-hydrogen) atoms. The van der Waals surface area contributed by atoms with Gasteiger partial charge in [0.25, 0.3) is 0 Å². The molecule has 0 bridgehead atoms. The van der Waals surface area contributed by atoms with Gasteiger partial charge in [-0.05, 0) is 12.1 Å². The van der Waals surface area contributed by atoms with E-state index in [9.17, 15) is 0 Å². The van der Waals surface area contributed by atoms with E-state index in [1.54, 1.807) is 6.20 Å². The molecule has 0 fully saturated rings. The van der Waals surface area contributed by atoms with Gasteiger partial charge in [-0.3, -0.25) is 0 Å². The van der Waals surface area contributed by atoms with Crippen LogP contribution in [-0.2, 0) is 0 Å². The van der Waals surface area contributed by atoms with Gasteiger partial charge in [-0.25, -0.2) is 4.98 Å². The highest BCUT2D eigenvalue weighted by Gasteiger charge is 1.94. The van der Waals surface area contributed by atoms with Crippen LogP contribution in [0.4, 0.5) is 0 Å². The van der Waals surface area contributed by atoms with Gasteiger partial charge in [-0.1, -0.05) is 11.8 Å². The van der Waals surface area contributed by atoms with Crippen LogP contribution >= 0.6 is 0 Å². The van der Waals surface area contributed by atoms with E-state index in [1.807, 2.05) is 18.3 Å². The Balaban J connectivity index is 2.48. The summed E-state index contributed by atoms with van der Waals surface area (Å²) in [7, 11) is 0. The summed E-state index contributed by atoms with van der Waals surface area (Å²) >= 11 is 0. The van der Waals surface area contributed by atoms with Crippen molar-refractivity contribution >= 4 is 11.0 Å². The summed E-state index contributed by atoms with van der Waals surface area (Å²) in [5.74, 6) is 5.38. The van der Waals surface area contributed by atoms with Crippen molar-refractivity contribution < 1.29 is 5.11 Å². The van der Waals surface area contributed by atoms with Gasteiger partial charge < -0.3 is 10.1 Å². The second-order valence-electron chi connectivity index (χ2n) is 2.60. The summed E-state index contributed by atoms with van der Waals surface area (Å²) < 4.78 is 0. The summed E-state index contributed by atoms with van der Waals surface area (Å²) in [5, 5.41) is 9.53. The minimum atomic E-state index is -0.120. The van der Waals surface area contributed by atoms with Crippen LogP contribution in [0.25, 0.3) is 11.0 Å². The highest BCUT2D eigenvalue weighted by Crippen LogP contribution is 2.09. The van der Waals surface area contributed by atoms with Crippen LogP contribution in [0.15, 0.2) is 24.5 Å². The van der Waals surface area contributed by atoms with Gasteiger partial charge in [-0.2, -0.15) is 0 Å². The summed E-state index contributed by atoms with van der Waals surface area (Å²) in [6.45, 7) is -0.120. The third-order valence-corrected chi connectivity index (χ3v) is 1.71. The Bertz CT molecular complexity index is 476. The first-order valence-electron chi connectivity index (χ1n) is 3.93. The van der Waals surface area contributed by atoms with Crippen molar-refractivity contribution in [3.8, 4) is 11.8 Å². The number of nitrogens with one attached hydrogen (secondary N) is 1. The number of aliphatic hydroxyl groups excluding tert-OH is 1. The number of fused-ring (bicyclic) bond motifs is 1. The van der Waals surface area contributed by atoms with Crippen LogP contribution in [-0.4, -0.2) is 21.7 Å². The molecule has 2 aromatic heterocycles. The average molecular weight is 172 g/mol. The molecule has 0 aromatic carbocycles. The minimum Gasteiger partial charge on any atom is -0.384 e. The van der Waals surface area contributed by atoms with E-state index in [0.717, 1.165) is 16.6 Å². The van der Waals surface area contributed by atoms with E-state index in [1.165, 1.54) is 0 Å².